The van der Waals surface area contributed by atoms with Crippen LogP contribution in [0.25, 0.3) is 6.08 Å². The third-order valence-electron chi connectivity index (χ3n) is 7.00. The van der Waals surface area contributed by atoms with Gasteiger partial charge < -0.3 is 18.9 Å². The van der Waals surface area contributed by atoms with E-state index in [0.717, 1.165) is 29.5 Å². The lowest BCUT2D eigenvalue weighted by Gasteiger charge is -2.24. The van der Waals surface area contributed by atoms with Crippen molar-refractivity contribution >= 4 is 34.8 Å². The highest BCUT2D eigenvalue weighted by molar-refractivity contribution is 7.07. The van der Waals surface area contributed by atoms with Gasteiger partial charge >= 0.3 is 11.7 Å². The predicted molar refractivity (Wildman–Crippen MR) is 166 cm³/mol. The molecule has 1 aliphatic heterocycles. The van der Waals surface area contributed by atoms with Crippen LogP contribution in [-0.2, 0) is 9.53 Å². The first-order valence-corrected chi connectivity index (χ1v) is 14.5. The highest BCUT2D eigenvalue weighted by Gasteiger charge is 2.33. The van der Waals surface area contributed by atoms with Gasteiger partial charge in [-0.1, -0.05) is 29.5 Å². The third kappa shape index (κ3) is 6.08. The fourth-order valence-electron chi connectivity index (χ4n) is 4.87. The molecule has 0 spiro atoms. The van der Waals surface area contributed by atoms with Crippen LogP contribution in [-0.4, -0.2) is 41.2 Å². The van der Waals surface area contributed by atoms with E-state index in [0.29, 0.717) is 31.9 Å². The lowest BCUT2D eigenvalue weighted by atomic mass is 9.96. The van der Waals surface area contributed by atoms with Crippen molar-refractivity contribution in [1.82, 2.24) is 4.57 Å². The Morgan fingerprint density at radius 1 is 0.978 bits per heavy atom. The maximum Gasteiger partial charge on any atom is 0.338 e. The number of nitrogens with zero attached hydrogens (tertiary/aromatic N) is 4. The molecule has 0 saturated carbocycles. The predicted octanol–water partition coefficient (Wildman–Crippen LogP) is 4.42. The van der Waals surface area contributed by atoms with Crippen LogP contribution in [0.4, 0.5) is 11.4 Å². The van der Waals surface area contributed by atoms with E-state index < -0.39 is 33.2 Å². The minimum Gasteiger partial charge on any atom is -0.497 e. The molecule has 0 aliphatic carbocycles. The van der Waals surface area contributed by atoms with Crippen LogP contribution in [0.15, 0.2) is 81.7 Å². The SMILES string of the molecule is CCOC(=O)C1=C(C)N=c2s/c(=C/c3ccc(Oc4ccc([N+](=O)[O-])cc4[N+](=O)[O-])c(OC)c3)c(=O)n2C1c1ccc(OC)cc1. The quantitative estimate of drug-likeness (QED) is 0.136. The highest BCUT2D eigenvalue weighted by atomic mass is 32.1. The molecule has 15 heteroatoms. The first-order chi connectivity index (χ1) is 22.1. The first-order valence-electron chi connectivity index (χ1n) is 13.7. The van der Waals surface area contributed by atoms with Crippen LogP contribution in [0.1, 0.15) is 31.0 Å². The Morgan fingerprint density at radius 2 is 1.70 bits per heavy atom. The van der Waals surface area contributed by atoms with Gasteiger partial charge in [-0.15, -0.1) is 0 Å². The number of esters is 1. The van der Waals surface area contributed by atoms with Crippen molar-refractivity contribution in [1.29, 1.82) is 0 Å². The number of allylic oxidation sites excluding steroid dienone is 1. The van der Waals surface area contributed by atoms with Gasteiger partial charge in [0.15, 0.2) is 16.3 Å². The maximum atomic E-state index is 13.9. The van der Waals surface area contributed by atoms with Crippen molar-refractivity contribution in [3.8, 4) is 23.0 Å². The maximum absolute atomic E-state index is 13.9. The van der Waals surface area contributed by atoms with Gasteiger partial charge in [0.25, 0.3) is 11.2 Å². The summed E-state index contributed by atoms with van der Waals surface area (Å²) >= 11 is 1.14. The highest BCUT2D eigenvalue weighted by Crippen LogP contribution is 2.38. The van der Waals surface area contributed by atoms with Gasteiger partial charge in [0.2, 0.25) is 5.75 Å². The Labute approximate surface area is 264 Å². The summed E-state index contributed by atoms with van der Waals surface area (Å²) in [4.78, 5) is 53.1. The van der Waals surface area contributed by atoms with Gasteiger partial charge in [-0.05, 0) is 61.4 Å². The Balaban J connectivity index is 1.57. The number of carbonyl (C=O) groups is 1. The molecule has 1 atom stereocenters. The molecule has 0 N–H and O–H groups in total. The number of carbonyl (C=O) groups excluding carboxylic acids is 1. The molecule has 1 aliphatic rings. The van der Waals surface area contributed by atoms with E-state index in [1.165, 1.54) is 17.7 Å². The average molecular weight is 647 g/mol. The lowest BCUT2D eigenvalue weighted by molar-refractivity contribution is -0.394. The first kappa shape index (κ1) is 31.6. The lowest BCUT2D eigenvalue weighted by Crippen LogP contribution is -2.39. The fourth-order valence-corrected chi connectivity index (χ4v) is 5.92. The summed E-state index contributed by atoms with van der Waals surface area (Å²) in [5.41, 5.74) is 0.431. The molecule has 3 aromatic carbocycles. The van der Waals surface area contributed by atoms with E-state index in [1.807, 2.05) is 0 Å². The van der Waals surface area contributed by atoms with Gasteiger partial charge in [0, 0.05) is 6.07 Å². The van der Waals surface area contributed by atoms with Gasteiger partial charge in [-0.25, -0.2) is 9.79 Å². The Kier molecular flexibility index (Phi) is 8.95. The van der Waals surface area contributed by atoms with E-state index in [-0.39, 0.29) is 35.0 Å². The summed E-state index contributed by atoms with van der Waals surface area (Å²) in [6.07, 6.45) is 1.62. The molecule has 0 bridgehead atoms. The summed E-state index contributed by atoms with van der Waals surface area (Å²) in [6.45, 7) is 3.54. The second-order valence-electron chi connectivity index (χ2n) is 9.75. The molecular formula is C31H26N4O10S. The van der Waals surface area contributed by atoms with Crippen molar-refractivity contribution in [3.63, 3.8) is 0 Å². The van der Waals surface area contributed by atoms with Crippen LogP contribution < -0.4 is 29.1 Å². The monoisotopic (exact) mass is 646 g/mol. The number of nitro benzene ring substituents is 2. The minimum absolute atomic E-state index is 0.104. The molecular weight excluding hydrogens is 620 g/mol. The van der Waals surface area contributed by atoms with E-state index in [1.54, 1.807) is 63.4 Å². The summed E-state index contributed by atoms with van der Waals surface area (Å²) < 4.78 is 23.6. The standard InChI is InChI=1S/C31H26N4O10S/c1-5-44-30(37)27-17(2)32-31-33(28(27)19-7-10-21(42-3)11-8-19)29(36)26(46-31)15-18-6-12-24(25(14-18)43-4)45-23-13-9-20(34(38)39)16-22(23)35(40)41/h6-16,28H,5H2,1-4H3/b26-15+. The number of non-ortho nitro benzene ring substituents is 1. The molecule has 1 unspecified atom stereocenters. The number of hydrogen-bond acceptors (Lipinski definition) is 12. The van der Waals surface area contributed by atoms with Gasteiger partial charge in [0.05, 0.1) is 58.6 Å². The number of aromatic nitrogens is 1. The second kappa shape index (κ2) is 13.0. The molecule has 0 fully saturated rings. The van der Waals surface area contributed by atoms with Gasteiger partial charge in [0.1, 0.15) is 5.75 Å². The number of ether oxygens (including phenoxy) is 4. The largest absolute Gasteiger partial charge is 0.497 e. The van der Waals surface area contributed by atoms with Crippen LogP contribution >= 0.6 is 11.3 Å². The Hall–Kier alpha value is -5.83. The number of rotatable bonds is 10. The van der Waals surface area contributed by atoms with Crippen LogP contribution in [0, 0.1) is 20.2 Å². The Bertz CT molecular complexity index is 2080. The number of fused-ring (bicyclic) bond motifs is 1. The molecule has 0 saturated heterocycles. The average Bonchev–Trinajstić information content (AvgIpc) is 3.34. The molecule has 236 valence electrons. The van der Waals surface area contributed by atoms with Crippen molar-refractivity contribution in [2.24, 2.45) is 4.99 Å². The number of hydrogen-bond donors (Lipinski definition) is 0. The van der Waals surface area contributed by atoms with Crippen LogP contribution in [0.3, 0.4) is 0 Å². The van der Waals surface area contributed by atoms with Crippen molar-refractivity contribution in [2.75, 3.05) is 20.8 Å². The number of methoxy groups -OCH3 is 2. The zero-order valence-electron chi connectivity index (χ0n) is 24.9. The van der Waals surface area contributed by atoms with E-state index in [2.05, 4.69) is 4.99 Å². The zero-order chi connectivity index (χ0) is 33.1. The van der Waals surface area contributed by atoms with Crippen molar-refractivity contribution < 1.29 is 33.6 Å². The smallest absolute Gasteiger partial charge is 0.338 e. The number of benzene rings is 3. The molecule has 2 heterocycles. The zero-order valence-corrected chi connectivity index (χ0v) is 25.7. The van der Waals surface area contributed by atoms with E-state index in [4.69, 9.17) is 18.9 Å². The number of nitro groups is 2. The van der Waals surface area contributed by atoms with E-state index >= 15 is 0 Å². The molecule has 46 heavy (non-hydrogen) atoms. The molecule has 0 radical (unpaired) electrons. The van der Waals surface area contributed by atoms with Gasteiger partial charge in [-0.3, -0.25) is 29.6 Å². The summed E-state index contributed by atoms with van der Waals surface area (Å²) in [6, 6.07) is 14.0. The fraction of sp³-hybridized carbons (Fsp3) is 0.194. The molecule has 0 amide bonds. The normalized spacial score (nSPS) is 14.3. The molecule has 1 aromatic heterocycles. The van der Waals surface area contributed by atoms with Crippen LogP contribution in [0.2, 0.25) is 0 Å². The topological polar surface area (TPSA) is 175 Å². The second-order valence-corrected chi connectivity index (χ2v) is 10.8. The summed E-state index contributed by atoms with van der Waals surface area (Å²) in [5.74, 6) is 0.103. The molecule has 5 rings (SSSR count). The van der Waals surface area contributed by atoms with Crippen LogP contribution in [0.5, 0.6) is 23.0 Å². The molecule has 4 aromatic rings. The summed E-state index contributed by atoms with van der Waals surface area (Å²) in [5, 5.41) is 22.6. The Morgan fingerprint density at radius 3 is 2.33 bits per heavy atom. The van der Waals surface area contributed by atoms with E-state index in [9.17, 15) is 29.8 Å². The van der Waals surface area contributed by atoms with Gasteiger partial charge in [-0.2, -0.15) is 0 Å². The molecule has 14 nitrogen and oxygen atoms in total. The number of thiazole rings is 1. The minimum atomic E-state index is -0.800. The summed E-state index contributed by atoms with van der Waals surface area (Å²) in [7, 11) is 2.91. The van der Waals surface area contributed by atoms with Crippen molar-refractivity contribution in [2.45, 2.75) is 19.9 Å². The third-order valence-corrected chi connectivity index (χ3v) is 7.99. The van der Waals surface area contributed by atoms with Crippen molar-refractivity contribution in [3.05, 3.63) is 123 Å².